The summed E-state index contributed by atoms with van der Waals surface area (Å²) in [5, 5.41) is 15.0. The molecule has 2 rings (SSSR count). The van der Waals surface area contributed by atoms with Crippen molar-refractivity contribution in [2.45, 2.75) is 33.2 Å². The molecular formula is C20H26N2O2. The number of amides is 1. The fourth-order valence-corrected chi connectivity index (χ4v) is 2.66. The van der Waals surface area contributed by atoms with Gasteiger partial charge in [-0.15, -0.1) is 0 Å². The standard InChI is InChI=1S/C20H26N2O2/c1-4-16-8-10-17(11-9-16)15(3)22-19-7-5-6-18(14(19)2)20(24)21-12-13-23/h5-11,15,22-23H,4,12-13H2,1-3H3,(H,21,24). The van der Waals surface area contributed by atoms with Gasteiger partial charge in [0, 0.05) is 23.8 Å². The van der Waals surface area contributed by atoms with E-state index < -0.39 is 0 Å². The molecule has 4 nitrogen and oxygen atoms in total. The van der Waals surface area contributed by atoms with Crippen LogP contribution in [0.25, 0.3) is 0 Å². The number of carbonyl (C=O) groups excluding carboxylic acids is 1. The van der Waals surface area contributed by atoms with Crippen molar-refractivity contribution in [1.29, 1.82) is 0 Å². The quantitative estimate of drug-likeness (QED) is 0.730. The minimum absolute atomic E-state index is 0.0620. The third-order valence-corrected chi connectivity index (χ3v) is 4.24. The van der Waals surface area contributed by atoms with Crippen LogP contribution in [0.15, 0.2) is 42.5 Å². The molecule has 1 unspecified atom stereocenters. The van der Waals surface area contributed by atoms with Crippen LogP contribution in [-0.2, 0) is 6.42 Å². The molecule has 0 saturated carbocycles. The maximum absolute atomic E-state index is 12.2. The SMILES string of the molecule is CCc1ccc(C(C)Nc2cccc(C(=O)NCCO)c2C)cc1. The van der Waals surface area contributed by atoms with Crippen LogP contribution >= 0.6 is 0 Å². The molecule has 0 aliphatic heterocycles. The van der Waals surface area contributed by atoms with Gasteiger partial charge in [-0.05, 0) is 49.1 Å². The van der Waals surface area contributed by atoms with Crippen LogP contribution < -0.4 is 10.6 Å². The maximum atomic E-state index is 12.2. The van der Waals surface area contributed by atoms with Crippen molar-refractivity contribution in [2.75, 3.05) is 18.5 Å². The number of carbonyl (C=O) groups is 1. The number of hydrogen-bond donors (Lipinski definition) is 3. The number of aryl methyl sites for hydroxylation is 1. The summed E-state index contributed by atoms with van der Waals surface area (Å²) >= 11 is 0. The van der Waals surface area contributed by atoms with E-state index in [4.69, 9.17) is 5.11 Å². The first kappa shape index (κ1) is 18.0. The number of benzene rings is 2. The highest BCUT2D eigenvalue weighted by Crippen LogP contribution is 2.24. The third kappa shape index (κ3) is 4.36. The van der Waals surface area contributed by atoms with Crippen LogP contribution in [0.4, 0.5) is 5.69 Å². The zero-order valence-corrected chi connectivity index (χ0v) is 14.6. The lowest BCUT2D eigenvalue weighted by Gasteiger charge is -2.19. The zero-order valence-electron chi connectivity index (χ0n) is 14.6. The molecular weight excluding hydrogens is 300 g/mol. The first-order valence-electron chi connectivity index (χ1n) is 8.40. The summed E-state index contributed by atoms with van der Waals surface area (Å²) in [5.41, 5.74) is 5.01. The van der Waals surface area contributed by atoms with Crippen LogP contribution in [0.2, 0.25) is 0 Å². The van der Waals surface area contributed by atoms with Gasteiger partial charge >= 0.3 is 0 Å². The van der Waals surface area contributed by atoms with Crippen molar-refractivity contribution in [3.63, 3.8) is 0 Å². The number of anilines is 1. The highest BCUT2D eigenvalue weighted by atomic mass is 16.3. The predicted octanol–water partition coefficient (Wildman–Crippen LogP) is 3.45. The first-order chi connectivity index (χ1) is 11.6. The molecule has 2 aromatic rings. The van der Waals surface area contributed by atoms with Gasteiger partial charge in [0.25, 0.3) is 5.91 Å². The molecule has 3 N–H and O–H groups in total. The lowest BCUT2D eigenvalue weighted by molar-refractivity contribution is 0.0944. The van der Waals surface area contributed by atoms with Gasteiger partial charge in [0.2, 0.25) is 0 Å². The van der Waals surface area contributed by atoms with E-state index in [0.717, 1.165) is 17.7 Å². The number of rotatable bonds is 7. The summed E-state index contributed by atoms with van der Waals surface area (Å²) in [6.45, 7) is 6.39. The molecule has 24 heavy (non-hydrogen) atoms. The fourth-order valence-electron chi connectivity index (χ4n) is 2.66. The molecule has 0 aliphatic carbocycles. The molecule has 1 atom stereocenters. The summed E-state index contributed by atoms with van der Waals surface area (Å²) in [4.78, 5) is 12.2. The molecule has 0 aliphatic rings. The van der Waals surface area contributed by atoms with Crippen LogP contribution in [0.1, 0.15) is 46.9 Å². The molecule has 0 bridgehead atoms. The van der Waals surface area contributed by atoms with Crippen molar-refractivity contribution in [3.05, 3.63) is 64.7 Å². The van der Waals surface area contributed by atoms with E-state index in [2.05, 4.69) is 48.7 Å². The average Bonchev–Trinajstić information content (AvgIpc) is 2.61. The summed E-state index contributed by atoms with van der Waals surface area (Å²) in [6, 6.07) is 14.4. The van der Waals surface area contributed by atoms with Gasteiger partial charge < -0.3 is 15.7 Å². The average molecular weight is 326 g/mol. The monoisotopic (exact) mass is 326 g/mol. The van der Waals surface area contributed by atoms with Gasteiger partial charge in [0.15, 0.2) is 0 Å². The molecule has 128 valence electrons. The maximum Gasteiger partial charge on any atom is 0.251 e. The number of nitrogens with one attached hydrogen (secondary N) is 2. The minimum atomic E-state index is -0.162. The molecule has 0 fully saturated rings. The lowest BCUT2D eigenvalue weighted by Crippen LogP contribution is -2.27. The van der Waals surface area contributed by atoms with E-state index >= 15 is 0 Å². The Bertz CT molecular complexity index is 681. The van der Waals surface area contributed by atoms with Crippen molar-refractivity contribution < 1.29 is 9.90 Å². The van der Waals surface area contributed by atoms with E-state index in [1.54, 1.807) is 6.07 Å². The lowest BCUT2D eigenvalue weighted by atomic mass is 10.0. The Labute approximate surface area is 143 Å². The molecule has 4 heteroatoms. The Balaban J connectivity index is 2.15. The van der Waals surface area contributed by atoms with Crippen molar-refractivity contribution in [2.24, 2.45) is 0 Å². The molecule has 2 aromatic carbocycles. The second-order valence-electron chi connectivity index (χ2n) is 5.92. The second-order valence-corrected chi connectivity index (χ2v) is 5.92. The highest BCUT2D eigenvalue weighted by Gasteiger charge is 2.13. The van der Waals surface area contributed by atoms with E-state index in [1.165, 1.54) is 11.1 Å². The fraction of sp³-hybridized carbons (Fsp3) is 0.350. The van der Waals surface area contributed by atoms with Gasteiger partial charge in [-0.25, -0.2) is 0 Å². The molecule has 0 radical (unpaired) electrons. The molecule has 0 heterocycles. The third-order valence-electron chi connectivity index (χ3n) is 4.24. The van der Waals surface area contributed by atoms with Crippen LogP contribution in [0, 0.1) is 6.92 Å². The minimum Gasteiger partial charge on any atom is -0.395 e. The van der Waals surface area contributed by atoms with Gasteiger partial charge in [-0.3, -0.25) is 4.79 Å². The summed E-state index contributed by atoms with van der Waals surface area (Å²) in [6.07, 6.45) is 1.03. The van der Waals surface area contributed by atoms with Crippen molar-refractivity contribution in [1.82, 2.24) is 5.32 Å². The van der Waals surface area contributed by atoms with E-state index in [-0.39, 0.29) is 25.1 Å². The van der Waals surface area contributed by atoms with Gasteiger partial charge in [0.1, 0.15) is 0 Å². The van der Waals surface area contributed by atoms with Gasteiger partial charge in [0.05, 0.1) is 6.61 Å². The molecule has 0 spiro atoms. The Hall–Kier alpha value is -2.33. The van der Waals surface area contributed by atoms with Gasteiger partial charge in [-0.1, -0.05) is 37.3 Å². The number of aliphatic hydroxyl groups is 1. The topological polar surface area (TPSA) is 61.4 Å². The van der Waals surface area contributed by atoms with Crippen molar-refractivity contribution >= 4 is 11.6 Å². The van der Waals surface area contributed by atoms with Gasteiger partial charge in [-0.2, -0.15) is 0 Å². The van der Waals surface area contributed by atoms with Crippen LogP contribution in [-0.4, -0.2) is 24.2 Å². The first-order valence-corrected chi connectivity index (χ1v) is 8.40. The smallest absolute Gasteiger partial charge is 0.251 e. The highest BCUT2D eigenvalue weighted by molar-refractivity contribution is 5.97. The second kappa shape index (κ2) is 8.50. The molecule has 0 aromatic heterocycles. The van der Waals surface area contributed by atoms with E-state index in [1.807, 2.05) is 19.1 Å². The Morgan fingerprint density at radius 3 is 2.50 bits per heavy atom. The summed E-state index contributed by atoms with van der Waals surface area (Å²) in [7, 11) is 0. The summed E-state index contributed by atoms with van der Waals surface area (Å²) in [5.74, 6) is -0.162. The Kier molecular flexibility index (Phi) is 6.38. The van der Waals surface area contributed by atoms with Crippen LogP contribution in [0.5, 0.6) is 0 Å². The van der Waals surface area contributed by atoms with E-state index in [9.17, 15) is 4.79 Å². The molecule has 0 saturated heterocycles. The summed E-state index contributed by atoms with van der Waals surface area (Å²) < 4.78 is 0. The predicted molar refractivity (Wildman–Crippen MR) is 98.5 cm³/mol. The number of hydrogen-bond acceptors (Lipinski definition) is 3. The molecule has 1 amide bonds. The largest absolute Gasteiger partial charge is 0.395 e. The Morgan fingerprint density at radius 1 is 1.17 bits per heavy atom. The Morgan fingerprint density at radius 2 is 1.88 bits per heavy atom. The van der Waals surface area contributed by atoms with Crippen LogP contribution in [0.3, 0.4) is 0 Å². The normalized spacial score (nSPS) is 11.8. The number of aliphatic hydroxyl groups excluding tert-OH is 1. The van der Waals surface area contributed by atoms with E-state index in [0.29, 0.717) is 5.56 Å². The van der Waals surface area contributed by atoms with Crippen molar-refractivity contribution in [3.8, 4) is 0 Å². The zero-order chi connectivity index (χ0) is 17.5.